The second kappa shape index (κ2) is 6.61. The van der Waals surface area contributed by atoms with Crippen molar-refractivity contribution in [3.63, 3.8) is 0 Å². The Hall–Kier alpha value is -1.26. The third-order valence-electron chi connectivity index (χ3n) is 2.38. The van der Waals surface area contributed by atoms with E-state index in [-0.39, 0.29) is 15.6 Å². The second-order valence-electron chi connectivity index (χ2n) is 3.75. The first-order chi connectivity index (χ1) is 8.47. The topological polar surface area (TPSA) is 66.4 Å². The molecular weight excluding hydrogens is 277 g/mol. The van der Waals surface area contributed by atoms with Gasteiger partial charge in [0.15, 0.2) is 0 Å². The largest absolute Gasteiger partial charge is 0.480 e. The van der Waals surface area contributed by atoms with Gasteiger partial charge < -0.3 is 10.4 Å². The number of nitrogens with one attached hydrogen (secondary N) is 1. The molecule has 6 heteroatoms. The van der Waals surface area contributed by atoms with E-state index >= 15 is 0 Å². The van der Waals surface area contributed by atoms with Gasteiger partial charge in [-0.1, -0.05) is 42.6 Å². The molecule has 1 atom stereocenters. The van der Waals surface area contributed by atoms with Crippen LogP contribution in [0.4, 0.5) is 0 Å². The average molecular weight is 290 g/mol. The highest BCUT2D eigenvalue weighted by Crippen LogP contribution is 2.25. The van der Waals surface area contributed by atoms with E-state index in [0.29, 0.717) is 12.8 Å². The summed E-state index contributed by atoms with van der Waals surface area (Å²) in [4.78, 5) is 22.8. The molecule has 2 N–H and O–H groups in total. The van der Waals surface area contributed by atoms with E-state index in [1.54, 1.807) is 12.1 Å². The van der Waals surface area contributed by atoms with Crippen LogP contribution in [-0.2, 0) is 4.79 Å². The maximum absolute atomic E-state index is 11.9. The maximum Gasteiger partial charge on any atom is 0.326 e. The van der Waals surface area contributed by atoms with Crippen LogP contribution in [-0.4, -0.2) is 23.0 Å². The van der Waals surface area contributed by atoms with Crippen molar-refractivity contribution in [2.75, 3.05) is 0 Å². The lowest BCUT2D eigenvalue weighted by atomic mass is 10.1. The van der Waals surface area contributed by atoms with Crippen molar-refractivity contribution in [1.29, 1.82) is 0 Å². The van der Waals surface area contributed by atoms with Crippen molar-refractivity contribution in [1.82, 2.24) is 5.32 Å². The van der Waals surface area contributed by atoms with Gasteiger partial charge >= 0.3 is 5.97 Å². The smallest absolute Gasteiger partial charge is 0.326 e. The third kappa shape index (κ3) is 3.62. The number of hydrogen-bond acceptors (Lipinski definition) is 2. The summed E-state index contributed by atoms with van der Waals surface area (Å²) in [6.07, 6.45) is 1.01. The predicted octanol–water partition coefficient (Wildman–Crippen LogP) is 2.98. The number of benzene rings is 1. The zero-order chi connectivity index (χ0) is 13.7. The molecule has 0 radical (unpaired) electrons. The van der Waals surface area contributed by atoms with Crippen molar-refractivity contribution in [2.24, 2.45) is 0 Å². The Morgan fingerprint density at radius 3 is 2.61 bits per heavy atom. The Bertz CT molecular complexity index is 463. The summed E-state index contributed by atoms with van der Waals surface area (Å²) in [5.74, 6) is -1.60. The Kier molecular flexibility index (Phi) is 5.44. The van der Waals surface area contributed by atoms with Gasteiger partial charge in [0, 0.05) is 0 Å². The maximum atomic E-state index is 11.9. The van der Waals surface area contributed by atoms with E-state index in [1.165, 1.54) is 6.07 Å². The number of amides is 1. The zero-order valence-electron chi connectivity index (χ0n) is 9.74. The summed E-state index contributed by atoms with van der Waals surface area (Å²) in [5, 5.41) is 11.7. The van der Waals surface area contributed by atoms with E-state index in [0.717, 1.165) is 0 Å². The summed E-state index contributed by atoms with van der Waals surface area (Å²) >= 11 is 11.7. The summed E-state index contributed by atoms with van der Waals surface area (Å²) in [6.45, 7) is 1.84. The molecule has 18 heavy (non-hydrogen) atoms. The molecule has 1 rings (SSSR count). The van der Waals surface area contributed by atoms with E-state index in [2.05, 4.69) is 5.32 Å². The fourth-order valence-corrected chi connectivity index (χ4v) is 1.85. The molecule has 1 aromatic rings. The highest BCUT2D eigenvalue weighted by molar-refractivity contribution is 6.43. The van der Waals surface area contributed by atoms with Crippen molar-refractivity contribution in [3.05, 3.63) is 33.8 Å². The molecule has 0 aliphatic heterocycles. The zero-order valence-corrected chi connectivity index (χ0v) is 11.3. The molecule has 0 spiro atoms. The van der Waals surface area contributed by atoms with Crippen LogP contribution >= 0.6 is 23.2 Å². The lowest BCUT2D eigenvalue weighted by Gasteiger charge is -2.14. The Labute approximate surface area is 115 Å². The van der Waals surface area contributed by atoms with Crippen LogP contribution in [0, 0.1) is 0 Å². The monoisotopic (exact) mass is 289 g/mol. The minimum absolute atomic E-state index is 0.123. The first-order valence-electron chi connectivity index (χ1n) is 5.45. The molecule has 0 heterocycles. The quantitative estimate of drug-likeness (QED) is 0.876. The van der Waals surface area contributed by atoms with Gasteiger partial charge in [-0.2, -0.15) is 0 Å². The summed E-state index contributed by atoms with van der Waals surface area (Å²) in [5.41, 5.74) is 0.173. The Balaban J connectivity index is 2.87. The fourth-order valence-electron chi connectivity index (χ4n) is 1.46. The molecule has 1 aromatic carbocycles. The van der Waals surface area contributed by atoms with E-state index < -0.39 is 17.9 Å². The van der Waals surface area contributed by atoms with Gasteiger partial charge in [0.2, 0.25) is 0 Å². The van der Waals surface area contributed by atoms with Crippen LogP contribution < -0.4 is 5.32 Å². The highest BCUT2D eigenvalue weighted by atomic mass is 35.5. The van der Waals surface area contributed by atoms with Crippen LogP contribution in [0.15, 0.2) is 18.2 Å². The molecule has 1 unspecified atom stereocenters. The van der Waals surface area contributed by atoms with Gasteiger partial charge in [-0.3, -0.25) is 4.79 Å². The van der Waals surface area contributed by atoms with Crippen LogP contribution in [0.25, 0.3) is 0 Å². The highest BCUT2D eigenvalue weighted by Gasteiger charge is 2.21. The molecule has 0 aromatic heterocycles. The molecule has 0 saturated heterocycles. The lowest BCUT2D eigenvalue weighted by molar-refractivity contribution is -0.139. The van der Waals surface area contributed by atoms with Crippen molar-refractivity contribution < 1.29 is 14.7 Å². The molecule has 0 aliphatic carbocycles. The Morgan fingerprint density at radius 2 is 2.06 bits per heavy atom. The number of carboxylic acids is 1. The minimum Gasteiger partial charge on any atom is -0.480 e. The van der Waals surface area contributed by atoms with Crippen molar-refractivity contribution in [2.45, 2.75) is 25.8 Å². The second-order valence-corrected chi connectivity index (χ2v) is 4.54. The number of halogens is 2. The standard InChI is InChI=1S/C12H13Cl2NO3/c1-2-4-9(12(17)18)15-11(16)7-5-3-6-8(13)10(7)14/h3,5-6,9H,2,4H2,1H3,(H,15,16)(H,17,18). The molecule has 0 bridgehead atoms. The van der Waals surface area contributed by atoms with Crippen molar-refractivity contribution >= 4 is 35.1 Å². The van der Waals surface area contributed by atoms with Crippen LogP contribution in [0.3, 0.4) is 0 Å². The lowest BCUT2D eigenvalue weighted by Crippen LogP contribution is -2.40. The van der Waals surface area contributed by atoms with E-state index in [9.17, 15) is 9.59 Å². The van der Waals surface area contributed by atoms with E-state index in [4.69, 9.17) is 28.3 Å². The SMILES string of the molecule is CCCC(NC(=O)c1cccc(Cl)c1Cl)C(=O)O. The van der Waals surface area contributed by atoms with Gasteiger partial charge in [0.05, 0.1) is 15.6 Å². The normalized spacial score (nSPS) is 11.9. The summed E-state index contributed by atoms with van der Waals surface area (Å²) in [7, 11) is 0. The van der Waals surface area contributed by atoms with Gasteiger partial charge in [0.1, 0.15) is 6.04 Å². The van der Waals surface area contributed by atoms with Gasteiger partial charge in [-0.15, -0.1) is 0 Å². The number of carbonyl (C=O) groups is 2. The molecular formula is C12H13Cl2NO3. The molecule has 98 valence electrons. The molecule has 0 aliphatic rings. The first kappa shape index (κ1) is 14.8. The molecule has 0 fully saturated rings. The van der Waals surface area contributed by atoms with Gasteiger partial charge in [-0.05, 0) is 18.6 Å². The van der Waals surface area contributed by atoms with Crippen LogP contribution in [0.5, 0.6) is 0 Å². The Morgan fingerprint density at radius 1 is 1.39 bits per heavy atom. The summed E-state index contributed by atoms with van der Waals surface area (Å²) in [6, 6.07) is 3.71. The number of aliphatic carboxylic acids is 1. The van der Waals surface area contributed by atoms with Gasteiger partial charge in [-0.25, -0.2) is 4.79 Å². The average Bonchev–Trinajstić information content (AvgIpc) is 2.31. The first-order valence-corrected chi connectivity index (χ1v) is 6.20. The van der Waals surface area contributed by atoms with Gasteiger partial charge in [0.25, 0.3) is 5.91 Å². The minimum atomic E-state index is -1.07. The van der Waals surface area contributed by atoms with E-state index in [1.807, 2.05) is 6.92 Å². The number of rotatable bonds is 5. The predicted molar refractivity (Wildman–Crippen MR) is 70.3 cm³/mol. The molecule has 4 nitrogen and oxygen atoms in total. The summed E-state index contributed by atoms with van der Waals surface area (Å²) < 4.78 is 0. The van der Waals surface area contributed by atoms with Crippen LogP contribution in [0.2, 0.25) is 10.0 Å². The molecule has 0 saturated carbocycles. The fraction of sp³-hybridized carbons (Fsp3) is 0.333. The number of hydrogen-bond donors (Lipinski definition) is 2. The van der Waals surface area contributed by atoms with Crippen molar-refractivity contribution in [3.8, 4) is 0 Å². The molecule has 1 amide bonds. The van der Waals surface area contributed by atoms with Crippen LogP contribution in [0.1, 0.15) is 30.1 Å². The number of carbonyl (C=O) groups excluding carboxylic acids is 1. The number of carboxylic acid groups (broad SMARTS) is 1. The third-order valence-corrected chi connectivity index (χ3v) is 3.20.